The molecule has 0 amide bonds. The topological polar surface area (TPSA) is 0 Å². The van der Waals surface area contributed by atoms with Crippen LogP contribution < -0.4 is 0 Å². The van der Waals surface area contributed by atoms with Gasteiger partial charge in [0, 0.05) is 6.42 Å². The molecule has 0 atom stereocenters. The van der Waals surface area contributed by atoms with Crippen LogP contribution in [0.15, 0.2) is 42.5 Å². The average molecular weight is 189 g/mol. The fraction of sp³-hybridized carbons (Fsp3) is 0. The van der Waals surface area contributed by atoms with E-state index in [1.54, 1.807) is 0 Å². The summed E-state index contributed by atoms with van der Waals surface area (Å²) in [6.45, 7) is 0. The van der Waals surface area contributed by atoms with E-state index >= 15 is 0 Å². The van der Waals surface area contributed by atoms with E-state index in [4.69, 9.17) is 0 Å². The van der Waals surface area contributed by atoms with Crippen LogP contribution >= 0.6 is 0 Å². The molecule has 0 nitrogen and oxygen atoms in total. The molecular formula is C15H9. The molecule has 2 aliphatic carbocycles. The molecule has 2 aromatic rings. The molecule has 4 rings (SSSR count). The van der Waals surface area contributed by atoms with Crippen LogP contribution in [0.25, 0.3) is 22.4 Å². The van der Waals surface area contributed by atoms with E-state index in [9.17, 15) is 0 Å². The smallest absolute Gasteiger partial charge is 0.0131 e. The molecule has 69 valence electrons. The predicted molar refractivity (Wildman–Crippen MR) is 64.4 cm³/mol. The Bertz CT molecular complexity index is 642. The number of hydrogen-bond acceptors (Lipinski definition) is 0. The molecule has 0 aromatic heterocycles. The quantitative estimate of drug-likeness (QED) is 0.591. The van der Waals surface area contributed by atoms with Gasteiger partial charge in [-0.1, -0.05) is 42.5 Å². The molecule has 0 fully saturated rings. The summed E-state index contributed by atoms with van der Waals surface area (Å²) in [5.74, 6) is 0. The van der Waals surface area contributed by atoms with Gasteiger partial charge >= 0.3 is 0 Å². The molecule has 0 heterocycles. The summed E-state index contributed by atoms with van der Waals surface area (Å²) in [6, 6.07) is 10.9. The molecule has 0 heteroatoms. The van der Waals surface area contributed by atoms with Gasteiger partial charge in [0.25, 0.3) is 0 Å². The Morgan fingerprint density at radius 2 is 1.87 bits per heavy atom. The van der Waals surface area contributed by atoms with Crippen LogP contribution in [0.5, 0.6) is 0 Å². The normalized spacial score (nSPS) is 15.9. The van der Waals surface area contributed by atoms with Gasteiger partial charge in [-0.15, -0.1) is 0 Å². The van der Waals surface area contributed by atoms with Gasteiger partial charge in [-0.05, 0) is 39.1 Å². The zero-order valence-corrected chi connectivity index (χ0v) is 8.20. The SMILES string of the molecule is [CH]1C=CC2=Cc3cccc4ccc1c2c34. The molecule has 2 aliphatic rings. The molecule has 0 N–H and O–H groups in total. The summed E-state index contributed by atoms with van der Waals surface area (Å²) in [4.78, 5) is 0. The zero-order chi connectivity index (χ0) is 9.83. The predicted octanol–water partition coefficient (Wildman–Crippen LogP) is 3.82. The first-order chi connectivity index (χ1) is 7.43. The standard InChI is InChI=1S/C15H9/c1-3-10-7-8-11-4-2-6-13-9-12(5-1)14(10)15(11)13/h1-9H. The summed E-state index contributed by atoms with van der Waals surface area (Å²) in [6.07, 6.45) is 8.80. The van der Waals surface area contributed by atoms with Gasteiger partial charge in [0.05, 0.1) is 0 Å². The molecule has 0 aliphatic heterocycles. The lowest BCUT2D eigenvalue weighted by Crippen LogP contribution is -1.92. The van der Waals surface area contributed by atoms with E-state index in [1.807, 2.05) is 0 Å². The van der Waals surface area contributed by atoms with E-state index < -0.39 is 0 Å². The van der Waals surface area contributed by atoms with Crippen LogP contribution in [0.3, 0.4) is 0 Å². The highest BCUT2D eigenvalue weighted by molar-refractivity contribution is 6.13. The van der Waals surface area contributed by atoms with Gasteiger partial charge in [-0.3, -0.25) is 0 Å². The lowest BCUT2D eigenvalue weighted by molar-refractivity contribution is 1.49. The second-order valence-corrected chi connectivity index (χ2v) is 4.10. The Kier molecular flexibility index (Phi) is 1.20. The third-order valence-electron chi connectivity index (χ3n) is 3.26. The van der Waals surface area contributed by atoms with Crippen molar-refractivity contribution in [3.63, 3.8) is 0 Å². The second kappa shape index (κ2) is 2.40. The van der Waals surface area contributed by atoms with Crippen LogP contribution in [0.2, 0.25) is 0 Å². The van der Waals surface area contributed by atoms with Gasteiger partial charge in [-0.2, -0.15) is 0 Å². The van der Waals surface area contributed by atoms with Gasteiger partial charge < -0.3 is 0 Å². The lowest BCUT2D eigenvalue weighted by Gasteiger charge is -2.12. The van der Waals surface area contributed by atoms with Crippen molar-refractivity contribution in [2.24, 2.45) is 0 Å². The van der Waals surface area contributed by atoms with Gasteiger partial charge in [-0.25, -0.2) is 0 Å². The van der Waals surface area contributed by atoms with E-state index in [0.717, 1.165) is 0 Å². The minimum Gasteiger partial charge on any atom is -0.0754 e. The number of hydrogen-bond donors (Lipinski definition) is 0. The van der Waals surface area contributed by atoms with Crippen molar-refractivity contribution >= 4 is 22.4 Å². The van der Waals surface area contributed by atoms with Crippen molar-refractivity contribution in [1.82, 2.24) is 0 Å². The van der Waals surface area contributed by atoms with Crippen molar-refractivity contribution in [3.05, 3.63) is 65.6 Å². The fourth-order valence-electron chi connectivity index (χ4n) is 2.62. The first-order valence-corrected chi connectivity index (χ1v) is 5.23. The Morgan fingerprint density at radius 3 is 2.87 bits per heavy atom. The summed E-state index contributed by atoms with van der Waals surface area (Å²) >= 11 is 0. The molecule has 0 saturated carbocycles. The number of allylic oxidation sites excluding steroid dienone is 3. The Balaban J connectivity index is 2.30. The molecular weight excluding hydrogens is 180 g/mol. The molecule has 0 unspecified atom stereocenters. The maximum Gasteiger partial charge on any atom is 0.0131 e. The average Bonchev–Trinajstić information content (AvgIpc) is 2.66. The molecule has 15 heavy (non-hydrogen) atoms. The van der Waals surface area contributed by atoms with Crippen molar-refractivity contribution in [3.8, 4) is 0 Å². The minimum absolute atomic E-state index is 1.35. The fourth-order valence-corrected chi connectivity index (χ4v) is 2.62. The van der Waals surface area contributed by atoms with Crippen LogP contribution in [0.4, 0.5) is 0 Å². The highest BCUT2D eigenvalue weighted by atomic mass is 14.2. The van der Waals surface area contributed by atoms with E-state index in [1.165, 1.54) is 33.0 Å². The second-order valence-electron chi connectivity index (χ2n) is 4.10. The van der Waals surface area contributed by atoms with Crippen LogP contribution in [-0.2, 0) is 0 Å². The maximum atomic E-state index is 2.28. The first kappa shape index (κ1) is 7.47. The Hall–Kier alpha value is -1.82. The molecule has 1 radical (unpaired) electrons. The highest BCUT2D eigenvalue weighted by Crippen LogP contribution is 2.41. The van der Waals surface area contributed by atoms with E-state index in [-0.39, 0.29) is 0 Å². The Labute approximate surface area is 88.5 Å². The molecule has 0 bridgehead atoms. The Morgan fingerprint density at radius 1 is 0.867 bits per heavy atom. The van der Waals surface area contributed by atoms with Crippen LogP contribution in [0.1, 0.15) is 16.7 Å². The van der Waals surface area contributed by atoms with Crippen molar-refractivity contribution in [1.29, 1.82) is 0 Å². The van der Waals surface area contributed by atoms with Gasteiger partial charge in [0.1, 0.15) is 0 Å². The maximum absolute atomic E-state index is 2.28. The minimum atomic E-state index is 1.35. The van der Waals surface area contributed by atoms with Crippen molar-refractivity contribution in [2.45, 2.75) is 0 Å². The first-order valence-electron chi connectivity index (χ1n) is 5.23. The van der Waals surface area contributed by atoms with Crippen molar-refractivity contribution in [2.75, 3.05) is 0 Å². The highest BCUT2D eigenvalue weighted by Gasteiger charge is 2.19. The molecule has 2 aromatic carbocycles. The van der Waals surface area contributed by atoms with E-state index in [2.05, 4.69) is 55.0 Å². The lowest BCUT2D eigenvalue weighted by atomic mass is 9.91. The van der Waals surface area contributed by atoms with Crippen LogP contribution in [-0.4, -0.2) is 0 Å². The summed E-state index contributed by atoms with van der Waals surface area (Å²) in [5, 5.41) is 2.77. The third kappa shape index (κ3) is 0.822. The largest absolute Gasteiger partial charge is 0.0754 e. The number of benzene rings is 2. The monoisotopic (exact) mass is 189 g/mol. The molecule has 0 saturated heterocycles. The van der Waals surface area contributed by atoms with Gasteiger partial charge in [0.15, 0.2) is 0 Å². The van der Waals surface area contributed by atoms with Gasteiger partial charge in [0.2, 0.25) is 0 Å². The summed E-state index contributed by atoms with van der Waals surface area (Å²) in [5.41, 5.74) is 5.49. The summed E-state index contributed by atoms with van der Waals surface area (Å²) in [7, 11) is 0. The zero-order valence-electron chi connectivity index (χ0n) is 8.20. The van der Waals surface area contributed by atoms with Crippen LogP contribution in [0, 0.1) is 6.42 Å². The molecule has 0 spiro atoms. The summed E-state index contributed by atoms with van der Waals surface area (Å²) < 4.78 is 0. The van der Waals surface area contributed by atoms with E-state index in [0.29, 0.717) is 0 Å². The van der Waals surface area contributed by atoms with Crippen molar-refractivity contribution < 1.29 is 0 Å². The third-order valence-corrected chi connectivity index (χ3v) is 3.26. The number of rotatable bonds is 0.